The van der Waals surface area contributed by atoms with E-state index in [9.17, 15) is 13.2 Å². The molecule has 17 heavy (non-hydrogen) atoms. The number of rotatable bonds is 8. The normalized spacial score (nSPS) is 18.7. The van der Waals surface area contributed by atoms with Crippen molar-refractivity contribution in [2.75, 3.05) is 26.2 Å². The lowest BCUT2D eigenvalue weighted by Gasteiger charge is -2.26. The van der Waals surface area contributed by atoms with Gasteiger partial charge in [0.15, 0.2) is 0 Å². The number of nitrogens with one attached hydrogen (secondary N) is 1. The van der Waals surface area contributed by atoms with Crippen molar-refractivity contribution in [3.05, 3.63) is 0 Å². The van der Waals surface area contributed by atoms with Gasteiger partial charge in [0.05, 0.1) is 6.54 Å². The third-order valence-corrected chi connectivity index (χ3v) is 2.84. The van der Waals surface area contributed by atoms with E-state index in [0.29, 0.717) is 19.1 Å². The Morgan fingerprint density at radius 3 is 2.47 bits per heavy atom. The summed E-state index contributed by atoms with van der Waals surface area (Å²) in [6.07, 6.45) is -0.889. The van der Waals surface area contributed by atoms with Crippen LogP contribution in [0.25, 0.3) is 0 Å². The molecule has 1 rings (SSSR count). The van der Waals surface area contributed by atoms with Gasteiger partial charge >= 0.3 is 6.18 Å². The molecule has 0 heterocycles. The molecule has 0 amide bonds. The predicted octanol–water partition coefficient (Wildman–Crippen LogP) is 2.65. The number of hydrogen-bond donors (Lipinski definition) is 1. The minimum atomic E-state index is -4.08. The molecule has 0 aromatic carbocycles. The Bertz CT molecular complexity index is 214. The van der Waals surface area contributed by atoms with Crippen LogP contribution in [0.5, 0.6) is 0 Å². The monoisotopic (exact) mass is 252 g/mol. The van der Waals surface area contributed by atoms with E-state index in [1.54, 1.807) is 0 Å². The van der Waals surface area contributed by atoms with Gasteiger partial charge in [-0.2, -0.15) is 13.2 Å². The molecule has 0 aliphatic heterocycles. The van der Waals surface area contributed by atoms with Gasteiger partial charge in [0, 0.05) is 12.6 Å². The molecular formula is C12H23F3N2. The van der Waals surface area contributed by atoms with Gasteiger partial charge in [0.25, 0.3) is 0 Å². The fourth-order valence-electron chi connectivity index (χ4n) is 1.97. The van der Waals surface area contributed by atoms with Crippen molar-refractivity contribution in [1.82, 2.24) is 10.2 Å². The van der Waals surface area contributed by atoms with Gasteiger partial charge in [-0.05, 0) is 38.3 Å². The number of hydrogen-bond acceptors (Lipinski definition) is 2. The summed E-state index contributed by atoms with van der Waals surface area (Å²) in [5.74, 6) is 0.268. The summed E-state index contributed by atoms with van der Waals surface area (Å²) >= 11 is 0. The third kappa shape index (κ3) is 7.60. The molecule has 2 nitrogen and oxygen atoms in total. The van der Waals surface area contributed by atoms with Crippen LogP contribution in [0.1, 0.15) is 33.1 Å². The van der Waals surface area contributed by atoms with Crippen LogP contribution in [0, 0.1) is 5.92 Å². The summed E-state index contributed by atoms with van der Waals surface area (Å²) in [6, 6.07) is 0.625. The lowest BCUT2D eigenvalue weighted by molar-refractivity contribution is -0.147. The second kappa shape index (κ2) is 6.59. The summed E-state index contributed by atoms with van der Waals surface area (Å²) in [5.41, 5.74) is 0. The van der Waals surface area contributed by atoms with Crippen molar-refractivity contribution in [3.63, 3.8) is 0 Å². The van der Waals surface area contributed by atoms with Crippen LogP contribution in [0.2, 0.25) is 0 Å². The minimum absolute atomic E-state index is 0.268. The molecular weight excluding hydrogens is 229 g/mol. The maximum Gasteiger partial charge on any atom is 0.401 e. The Morgan fingerprint density at radius 1 is 1.35 bits per heavy atom. The predicted molar refractivity (Wildman–Crippen MR) is 63.0 cm³/mol. The molecule has 0 bridgehead atoms. The van der Waals surface area contributed by atoms with E-state index in [1.807, 2.05) is 13.8 Å². The average Bonchev–Trinajstić information content (AvgIpc) is 2.95. The number of alkyl halides is 3. The topological polar surface area (TPSA) is 15.3 Å². The van der Waals surface area contributed by atoms with Crippen molar-refractivity contribution in [1.29, 1.82) is 0 Å². The number of nitrogens with zero attached hydrogens (tertiary/aromatic N) is 1. The molecule has 1 N–H and O–H groups in total. The van der Waals surface area contributed by atoms with Gasteiger partial charge in [0.2, 0.25) is 0 Å². The van der Waals surface area contributed by atoms with Crippen molar-refractivity contribution in [3.8, 4) is 0 Å². The molecule has 0 spiro atoms. The average molecular weight is 252 g/mol. The summed E-state index contributed by atoms with van der Waals surface area (Å²) in [6.45, 7) is 5.00. The molecule has 0 aromatic heterocycles. The first-order chi connectivity index (χ1) is 7.90. The summed E-state index contributed by atoms with van der Waals surface area (Å²) in [5, 5.41) is 3.36. The van der Waals surface area contributed by atoms with Crippen LogP contribution in [0.15, 0.2) is 0 Å². The van der Waals surface area contributed by atoms with E-state index >= 15 is 0 Å². The standard InChI is InChI=1S/C12H23F3N2/c1-3-6-17(9-12(13,14)15)8-10(2)7-16-11-4-5-11/h10-11,16H,3-9H2,1-2H3. The van der Waals surface area contributed by atoms with Crippen LogP contribution >= 0.6 is 0 Å². The molecule has 1 unspecified atom stereocenters. The fraction of sp³-hybridized carbons (Fsp3) is 1.00. The largest absolute Gasteiger partial charge is 0.401 e. The van der Waals surface area contributed by atoms with E-state index < -0.39 is 12.7 Å². The summed E-state index contributed by atoms with van der Waals surface area (Å²) in [7, 11) is 0. The molecule has 5 heteroatoms. The van der Waals surface area contributed by atoms with Crippen LogP contribution in [0.3, 0.4) is 0 Å². The van der Waals surface area contributed by atoms with Crippen LogP contribution in [-0.4, -0.2) is 43.3 Å². The Morgan fingerprint density at radius 2 is 2.00 bits per heavy atom. The molecule has 1 atom stereocenters. The molecule has 102 valence electrons. The molecule has 0 radical (unpaired) electrons. The van der Waals surface area contributed by atoms with Gasteiger partial charge in [-0.3, -0.25) is 4.90 Å². The molecule has 1 fully saturated rings. The zero-order valence-corrected chi connectivity index (χ0v) is 10.7. The number of halogens is 3. The summed E-state index contributed by atoms with van der Waals surface area (Å²) in [4.78, 5) is 1.51. The first kappa shape index (κ1) is 14.8. The molecule has 1 saturated carbocycles. The highest BCUT2D eigenvalue weighted by Crippen LogP contribution is 2.20. The minimum Gasteiger partial charge on any atom is -0.314 e. The Hall–Kier alpha value is -0.290. The third-order valence-electron chi connectivity index (χ3n) is 2.84. The van der Waals surface area contributed by atoms with Gasteiger partial charge < -0.3 is 5.32 Å². The maximum absolute atomic E-state index is 12.3. The SMILES string of the molecule is CCCN(CC(C)CNC1CC1)CC(F)(F)F. The second-order valence-corrected chi connectivity index (χ2v) is 5.14. The zero-order valence-electron chi connectivity index (χ0n) is 10.7. The Labute approximate surface area is 102 Å². The van der Waals surface area contributed by atoms with Crippen LogP contribution < -0.4 is 5.32 Å². The zero-order chi connectivity index (χ0) is 12.9. The first-order valence-electron chi connectivity index (χ1n) is 6.43. The lowest BCUT2D eigenvalue weighted by Crippen LogP contribution is -2.40. The first-order valence-corrected chi connectivity index (χ1v) is 6.43. The van der Waals surface area contributed by atoms with Crippen molar-refractivity contribution in [2.45, 2.75) is 45.3 Å². The Balaban J connectivity index is 2.25. The fourth-order valence-corrected chi connectivity index (χ4v) is 1.97. The van der Waals surface area contributed by atoms with Crippen LogP contribution in [-0.2, 0) is 0 Å². The van der Waals surface area contributed by atoms with Gasteiger partial charge in [0.1, 0.15) is 0 Å². The van der Waals surface area contributed by atoms with Crippen molar-refractivity contribution < 1.29 is 13.2 Å². The van der Waals surface area contributed by atoms with E-state index in [2.05, 4.69) is 5.32 Å². The van der Waals surface area contributed by atoms with Gasteiger partial charge in [-0.15, -0.1) is 0 Å². The lowest BCUT2D eigenvalue weighted by atomic mass is 10.1. The Kier molecular flexibility index (Phi) is 5.73. The molecule has 1 aliphatic carbocycles. The van der Waals surface area contributed by atoms with Crippen molar-refractivity contribution >= 4 is 0 Å². The quantitative estimate of drug-likeness (QED) is 0.714. The maximum atomic E-state index is 12.3. The molecule has 0 aromatic rings. The van der Waals surface area contributed by atoms with Crippen molar-refractivity contribution in [2.24, 2.45) is 5.92 Å². The van der Waals surface area contributed by atoms with E-state index in [0.717, 1.165) is 13.0 Å². The highest BCUT2D eigenvalue weighted by Gasteiger charge is 2.31. The highest BCUT2D eigenvalue weighted by molar-refractivity contribution is 4.81. The van der Waals surface area contributed by atoms with E-state index in [1.165, 1.54) is 17.7 Å². The summed E-state index contributed by atoms with van der Waals surface area (Å²) < 4.78 is 37.0. The smallest absolute Gasteiger partial charge is 0.314 e. The van der Waals surface area contributed by atoms with E-state index in [-0.39, 0.29) is 5.92 Å². The highest BCUT2D eigenvalue weighted by atomic mass is 19.4. The second-order valence-electron chi connectivity index (χ2n) is 5.14. The van der Waals surface area contributed by atoms with Gasteiger partial charge in [-0.25, -0.2) is 0 Å². The molecule has 1 aliphatic rings. The molecule has 0 saturated heterocycles. The van der Waals surface area contributed by atoms with Gasteiger partial charge in [-0.1, -0.05) is 13.8 Å². The van der Waals surface area contributed by atoms with E-state index in [4.69, 9.17) is 0 Å². The van der Waals surface area contributed by atoms with Crippen LogP contribution in [0.4, 0.5) is 13.2 Å².